The van der Waals surface area contributed by atoms with Crippen molar-refractivity contribution in [3.05, 3.63) is 28.3 Å². The van der Waals surface area contributed by atoms with E-state index in [0.717, 1.165) is 11.4 Å². The number of carbonyl (C=O) groups is 1. The van der Waals surface area contributed by atoms with Gasteiger partial charge in [0.25, 0.3) is 5.69 Å². The number of benzene rings is 1. The van der Waals surface area contributed by atoms with E-state index < -0.39 is 40.2 Å². The van der Waals surface area contributed by atoms with Gasteiger partial charge in [-0.25, -0.2) is 0 Å². The minimum Gasteiger partial charge on any atom is -0.494 e. The van der Waals surface area contributed by atoms with Gasteiger partial charge in [-0.15, -0.1) is 0 Å². The SMILES string of the molecule is CCOc1ccc(NC(=O)C(F)(F)C(F)(F)C(F)(F)F)c([N+](=O)[O-])c1. The maximum absolute atomic E-state index is 13.2. The molecule has 0 spiro atoms. The van der Waals surface area contributed by atoms with Gasteiger partial charge in [0.2, 0.25) is 0 Å². The van der Waals surface area contributed by atoms with E-state index in [0.29, 0.717) is 12.1 Å². The summed E-state index contributed by atoms with van der Waals surface area (Å²) >= 11 is 0. The van der Waals surface area contributed by atoms with Gasteiger partial charge < -0.3 is 10.1 Å². The predicted molar refractivity (Wildman–Crippen MR) is 68.8 cm³/mol. The van der Waals surface area contributed by atoms with Gasteiger partial charge in [0.1, 0.15) is 11.4 Å². The summed E-state index contributed by atoms with van der Waals surface area (Å²) in [5.41, 5.74) is -2.04. The Morgan fingerprint density at radius 1 is 1.20 bits per heavy atom. The van der Waals surface area contributed by atoms with Crippen LogP contribution in [0.25, 0.3) is 0 Å². The van der Waals surface area contributed by atoms with Crippen molar-refractivity contribution in [3.63, 3.8) is 0 Å². The van der Waals surface area contributed by atoms with Crippen LogP contribution in [-0.4, -0.2) is 35.5 Å². The number of rotatable bonds is 6. The van der Waals surface area contributed by atoms with Crippen LogP contribution in [0.1, 0.15) is 6.92 Å². The van der Waals surface area contributed by atoms with Crippen molar-refractivity contribution in [1.82, 2.24) is 0 Å². The molecule has 1 N–H and O–H groups in total. The van der Waals surface area contributed by atoms with E-state index in [1.54, 1.807) is 0 Å². The molecule has 0 aromatic heterocycles. The fourth-order valence-electron chi connectivity index (χ4n) is 1.55. The molecule has 1 amide bonds. The molecular weight excluding hydrogens is 369 g/mol. The molecule has 0 radical (unpaired) electrons. The molecule has 0 saturated carbocycles. The van der Waals surface area contributed by atoms with Crippen molar-refractivity contribution in [2.24, 2.45) is 0 Å². The quantitative estimate of drug-likeness (QED) is 0.464. The first-order valence-electron chi connectivity index (χ1n) is 6.30. The Bertz CT molecular complexity index is 676. The summed E-state index contributed by atoms with van der Waals surface area (Å²) in [4.78, 5) is 20.9. The molecular formula is C12H9F7N2O4. The number of alkyl halides is 7. The lowest BCUT2D eigenvalue weighted by Crippen LogP contribution is -2.57. The summed E-state index contributed by atoms with van der Waals surface area (Å²) in [7, 11) is 0. The van der Waals surface area contributed by atoms with Gasteiger partial charge in [-0.3, -0.25) is 14.9 Å². The fraction of sp³-hybridized carbons (Fsp3) is 0.417. The van der Waals surface area contributed by atoms with Crippen LogP contribution in [0, 0.1) is 10.1 Å². The number of hydrogen-bond donors (Lipinski definition) is 1. The van der Waals surface area contributed by atoms with Crippen LogP contribution in [0.3, 0.4) is 0 Å². The number of ether oxygens (including phenoxy) is 1. The number of nitro benzene ring substituents is 1. The molecule has 1 aromatic carbocycles. The average Bonchev–Trinajstić information content (AvgIpc) is 2.47. The molecule has 13 heteroatoms. The van der Waals surface area contributed by atoms with Crippen molar-refractivity contribution in [2.45, 2.75) is 24.9 Å². The summed E-state index contributed by atoms with van der Waals surface area (Å²) in [6.07, 6.45) is -6.71. The van der Waals surface area contributed by atoms with Gasteiger partial charge in [0.15, 0.2) is 0 Å². The molecule has 0 atom stereocenters. The Balaban J connectivity index is 3.21. The van der Waals surface area contributed by atoms with Crippen molar-refractivity contribution < 1.29 is 45.2 Å². The summed E-state index contributed by atoms with van der Waals surface area (Å²) < 4.78 is 93.1. The second-order valence-electron chi connectivity index (χ2n) is 4.47. The lowest BCUT2D eigenvalue weighted by Gasteiger charge is -2.27. The number of halogens is 7. The van der Waals surface area contributed by atoms with Crippen LogP contribution < -0.4 is 10.1 Å². The standard InChI is InChI=1S/C12H9F7N2O4/c1-2-25-6-3-4-7(8(5-6)21(23)24)20-9(22)10(13,14)11(15,16)12(17,18)19/h3-5H,2H2,1H3,(H,20,22). The van der Waals surface area contributed by atoms with Crippen LogP contribution in [0.2, 0.25) is 0 Å². The first kappa shape index (κ1) is 20.4. The second kappa shape index (κ2) is 6.72. The number of anilines is 1. The molecule has 0 bridgehead atoms. The molecule has 1 aromatic rings. The van der Waals surface area contributed by atoms with Crippen molar-refractivity contribution in [1.29, 1.82) is 0 Å². The molecule has 1 rings (SSSR count). The van der Waals surface area contributed by atoms with Gasteiger partial charge >= 0.3 is 23.9 Å². The molecule has 6 nitrogen and oxygen atoms in total. The predicted octanol–water partition coefficient (Wildman–Crippen LogP) is 3.76. The van der Waals surface area contributed by atoms with Crippen LogP contribution in [0.15, 0.2) is 18.2 Å². The first-order chi connectivity index (χ1) is 11.3. The molecule has 0 unspecified atom stereocenters. The summed E-state index contributed by atoms with van der Waals surface area (Å²) in [5, 5.41) is 11.9. The minimum absolute atomic E-state index is 0.0682. The Hall–Kier alpha value is -2.60. The van der Waals surface area contributed by atoms with E-state index in [-0.39, 0.29) is 12.4 Å². The highest BCUT2D eigenvalue weighted by molar-refractivity contribution is 5.98. The van der Waals surface area contributed by atoms with Crippen LogP contribution in [0.4, 0.5) is 42.1 Å². The number of hydrogen-bond acceptors (Lipinski definition) is 4. The maximum atomic E-state index is 13.2. The van der Waals surface area contributed by atoms with E-state index >= 15 is 0 Å². The van der Waals surface area contributed by atoms with Crippen molar-refractivity contribution in [3.8, 4) is 5.75 Å². The Morgan fingerprint density at radius 2 is 1.76 bits per heavy atom. The molecule has 0 aliphatic rings. The van der Waals surface area contributed by atoms with E-state index in [4.69, 9.17) is 4.74 Å². The lowest BCUT2D eigenvalue weighted by atomic mass is 10.1. The van der Waals surface area contributed by atoms with Gasteiger partial charge in [-0.1, -0.05) is 0 Å². The summed E-state index contributed by atoms with van der Waals surface area (Å²) in [6, 6.07) is 2.30. The molecule has 140 valence electrons. The third kappa shape index (κ3) is 3.91. The monoisotopic (exact) mass is 378 g/mol. The number of carbonyl (C=O) groups excluding carboxylic acids is 1. The number of nitrogens with one attached hydrogen (secondary N) is 1. The highest BCUT2D eigenvalue weighted by Crippen LogP contribution is 2.47. The fourth-order valence-corrected chi connectivity index (χ4v) is 1.55. The zero-order valence-electron chi connectivity index (χ0n) is 12.2. The van der Waals surface area contributed by atoms with Gasteiger partial charge in [-0.05, 0) is 19.1 Å². The first-order valence-corrected chi connectivity index (χ1v) is 6.30. The van der Waals surface area contributed by atoms with Crippen molar-refractivity contribution >= 4 is 17.3 Å². The normalized spacial score (nSPS) is 12.6. The number of nitro groups is 1. The topological polar surface area (TPSA) is 81.5 Å². The molecule has 0 aliphatic carbocycles. The molecule has 0 saturated heterocycles. The highest BCUT2D eigenvalue weighted by Gasteiger charge is 2.76. The third-order valence-corrected chi connectivity index (χ3v) is 2.76. The van der Waals surface area contributed by atoms with Gasteiger partial charge in [0, 0.05) is 0 Å². The average molecular weight is 378 g/mol. The van der Waals surface area contributed by atoms with E-state index in [1.165, 1.54) is 6.92 Å². The maximum Gasteiger partial charge on any atom is 0.460 e. The largest absolute Gasteiger partial charge is 0.494 e. The number of nitrogens with zero attached hydrogens (tertiary/aromatic N) is 1. The Kier molecular flexibility index (Phi) is 5.50. The summed E-state index contributed by atoms with van der Waals surface area (Å²) in [5.74, 6) is -16.0. The Morgan fingerprint density at radius 3 is 2.20 bits per heavy atom. The van der Waals surface area contributed by atoms with Gasteiger partial charge in [-0.2, -0.15) is 30.7 Å². The van der Waals surface area contributed by atoms with Crippen LogP contribution in [0.5, 0.6) is 5.75 Å². The van der Waals surface area contributed by atoms with E-state index in [1.807, 2.05) is 0 Å². The zero-order chi connectivity index (χ0) is 19.6. The van der Waals surface area contributed by atoms with E-state index in [9.17, 15) is 45.6 Å². The molecule has 25 heavy (non-hydrogen) atoms. The van der Waals surface area contributed by atoms with Crippen molar-refractivity contribution in [2.75, 3.05) is 11.9 Å². The van der Waals surface area contributed by atoms with E-state index in [2.05, 4.69) is 0 Å². The van der Waals surface area contributed by atoms with Gasteiger partial charge in [0.05, 0.1) is 17.6 Å². The highest BCUT2D eigenvalue weighted by atomic mass is 19.4. The smallest absolute Gasteiger partial charge is 0.460 e. The molecule has 0 heterocycles. The second-order valence-corrected chi connectivity index (χ2v) is 4.47. The lowest BCUT2D eigenvalue weighted by molar-refractivity contribution is -0.384. The minimum atomic E-state index is -6.71. The van der Waals surface area contributed by atoms with Crippen LogP contribution in [-0.2, 0) is 4.79 Å². The summed E-state index contributed by atoms with van der Waals surface area (Å²) in [6.45, 7) is 1.58. The zero-order valence-corrected chi connectivity index (χ0v) is 12.2. The third-order valence-electron chi connectivity index (χ3n) is 2.76. The number of amides is 1. The molecule has 0 aliphatic heterocycles. The Labute approximate surface area is 134 Å². The molecule has 0 fully saturated rings. The van der Waals surface area contributed by atoms with Crippen LogP contribution >= 0.6 is 0 Å².